The molecular weight excluding hydrogens is 310 g/mol. The predicted octanol–water partition coefficient (Wildman–Crippen LogP) is 1.97. The number of aliphatic hydroxyl groups excluding tert-OH is 1. The van der Waals surface area contributed by atoms with Crippen molar-refractivity contribution in [2.24, 2.45) is 5.92 Å². The maximum atomic E-state index is 11.8. The van der Waals surface area contributed by atoms with E-state index in [9.17, 15) is 14.7 Å². The lowest BCUT2D eigenvalue weighted by Crippen LogP contribution is -2.44. The van der Waals surface area contributed by atoms with Crippen LogP contribution in [0.25, 0.3) is 0 Å². The molecule has 2 atom stereocenters. The molecule has 0 aromatic heterocycles. The number of benzene rings is 1. The number of hydrogen-bond donors (Lipinski definition) is 2. The molecule has 0 bridgehead atoms. The molecule has 102 valence electrons. The van der Waals surface area contributed by atoms with Crippen LogP contribution < -0.4 is 5.32 Å². The molecule has 0 spiro atoms. The number of carbonyl (C=O) groups excluding carboxylic acids is 2. The Hall–Kier alpha value is -1.20. The normalized spacial score (nSPS) is 18.6. The van der Waals surface area contributed by atoms with E-state index in [1.165, 1.54) is 0 Å². The van der Waals surface area contributed by atoms with Crippen molar-refractivity contribution in [3.63, 3.8) is 0 Å². The van der Waals surface area contributed by atoms with Gasteiger partial charge in [0.1, 0.15) is 5.78 Å². The second-order valence-electron chi connectivity index (χ2n) is 4.94. The summed E-state index contributed by atoms with van der Waals surface area (Å²) in [7, 11) is 0. The highest BCUT2D eigenvalue weighted by atomic mass is 79.9. The van der Waals surface area contributed by atoms with Crippen LogP contribution in [0.4, 0.5) is 0 Å². The Morgan fingerprint density at radius 2 is 1.95 bits per heavy atom. The SMILES string of the molecule is CC(NC(=O)C1CC(=O)C1)C(O)c1ccc(Br)cc1. The van der Waals surface area contributed by atoms with Crippen LogP contribution in [0.5, 0.6) is 0 Å². The van der Waals surface area contributed by atoms with E-state index < -0.39 is 6.10 Å². The van der Waals surface area contributed by atoms with Crippen molar-refractivity contribution in [2.75, 3.05) is 0 Å². The van der Waals surface area contributed by atoms with Crippen LogP contribution >= 0.6 is 15.9 Å². The maximum Gasteiger partial charge on any atom is 0.224 e. The Labute approximate surface area is 120 Å². The van der Waals surface area contributed by atoms with E-state index >= 15 is 0 Å². The van der Waals surface area contributed by atoms with Gasteiger partial charge in [0.2, 0.25) is 5.91 Å². The molecule has 5 heteroatoms. The first kappa shape index (κ1) is 14.2. The van der Waals surface area contributed by atoms with Crippen LogP contribution in [0.2, 0.25) is 0 Å². The van der Waals surface area contributed by atoms with Gasteiger partial charge in [0, 0.05) is 17.3 Å². The van der Waals surface area contributed by atoms with Gasteiger partial charge in [-0.3, -0.25) is 9.59 Å². The molecule has 1 aromatic rings. The van der Waals surface area contributed by atoms with E-state index in [2.05, 4.69) is 21.2 Å². The summed E-state index contributed by atoms with van der Waals surface area (Å²) in [4.78, 5) is 22.6. The van der Waals surface area contributed by atoms with Crippen molar-refractivity contribution in [1.82, 2.24) is 5.32 Å². The molecule has 0 heterocycles. The molecule has 1 aliphatic rings. The fourth-order valence-electron chi connectivity index (χ4n) is 2.05. The van der Waals surface area contributed by atoms with Crippen molar-refractivity contribution in [2.45, 2.75) is 31.9 Å². The first-order valence-electron chi connectivity index (χ1n) is 6.23. The third kappa shape index (κ3) is 3.42. The molecule has 1 fully saturated rings. The average molecular weight is 326 g/mol. The Morgan fingerprint density at radius 1 is 1.37 bits per heavy atom. The molecule has 19 heavy (non-hydrogen) atoms. The zero-order valence-electron chi connectivity index (χ0n) is 10.6. The van der Waals surface area contributed by atoms with E-state index in [0.717, 1.165) is 10.0 Å². The minimum absolute atomic E-state index is 0.126. The van der Waals surface area contributed by atoms with Gasteiger partial charge in [-0.05, 0) is 24.6 Å². The van der Waals surface area contributed by atoms with Gasteiger partial charge >= 0.3 is 0 Å². The second-order valence-corrected chi connectivity index (χ2v) is 5.85. The van der Waals surface area contributed by atoms with Gasteiger partial charge in [0.05, 0.1) is 18.1 Å². The highest BCUT2D eigenvalue weighted by molar-refractivity contribution is 9.10. The quantitative estimate of drug-likeness (QED) is 0.889. The first-order chi connectivity index (χ1) is 8.97. The fourth-order valence-corrected chi connectivity index (χ4v) is 2.31. The summed E-state index contributed by atoms with van der Waals surface area (Å²) in [5.41, 5.74) is 0.751. The summed E-state index contributed by atoms with van der Waals surface area (Å²) in [5.74, 6) is -0.239. The number of Topliss-reactive ketones (excluding diaryl/α,β-unsaturated/α-hetero) is 1. The lowest BCUT2D eigenvalue weighted by Gasteiger charge is -2.27. The van der Waals surface area contributed by atoms with E-state index in [4.69, 9.17) is 0 Å². The van der Waals surface area contributed by atoms with Crippen molar-refractivity contribution in [3.05, 3.63) is 34.3 Å². The van der Waals surface area contributed by atoms with Gasteiger partial charge in [-0.1, -0.05) is 28.1 Å². The summed E-state index contributed by atoms with van der Waals surface area (Å²) in [6.07, 6.45) is -0.104. The molecule has 1 amide bonds. The largest absolute Gasteiger partial charge is 0.386 e. The maximum absolute atomic E-state index is 11.8. The molecular formula is C14H16BrNO3. The second kappa shape index (κ2) is 5.84. The minimum Gasteiger partial charge on any atom is -0.386 e. The highest BCUT2D eigenvalue weighted by Gasteiger charge is 2.33. The van der Waals surface area contributed by atoms with Crippen LogP contribution in [0, 0.1) is 5.92 Å². The number of halogens is 1. The van der Waals surface area contributed by atoms with Gasteiger partial charge in [-0.2, -0.15) is 0 Å². The van der Waals surface area contributed by atoms with Crippen LogP contribution in [0.3, 0.4) is 0 Å². The average Bonchev–Trinajstić information content (AvgIpc) is 2.35. The molecule has 1 aromatic carbocycles. The monoisotopic (exact) mass is 325 g/mol. The van der Waals surface area contributed by atoms with E-state index in [1.807, 2.05) is 24.3 Å². The van der Waals surface area contributed by atoms with Crippen LogP contribution in [0.15, 0.2) is 28.7 Å². The molecule has 0 radical (unpaired) electrons. The zero-order valence-corrected chi connectivity index (χ0v) is 12.2. The van der Waals surface area contributed by atoms with Crippen LogP contribution in [-0.4, -0.2) is 22.8 Å². The third-order valence-electron chi connectivity index (χ3n) is 3.37. The number of ketones is 1. The Kier molecular flexibility index (Phi) is 4.37. The van der Waals surface area contributed by atoms with E-state index in [1.54, 1.807) is 6.92 Å². The number of rotatable bonds is 4. The third-order valence-corrected chi connectivity index (χ3v) is 3.90. The van der Waals surface area contributed by atoms with Gasteiger partial charge in [-0.15, -0.1) is 0 Å². The number of amides is 1. The number of carbonyl (C=O) groups is 2. The highest BCUT2D eigenvalue weighted by Crippen LogP contribution is 2.24. The van der Waals surface area contributed by atoms with Crippen LogP contribution in [-0.2, 0) is 9.59 Å². The number of nitrogens with one attached hydrogen (secondary N) is 1. The number of aliphatic hydroxyl groups is 1. The lowest BCUT2D eigenvalue weighted by atomic mass is 9.83. The van der Waals surface area contributed by atoms with Gasteiger partial charge in [0.25, 0.3) is 0 Å². The summed E-state index contributed by atoms with van der Waals surface area (Å²) in [6.45, 7) is 1.76. The van der Waals surface area contributed by atoms with Crippen molar-refractivity contribution >= 4 is 27.6 Å². The smallest absolute Gasteiger partial charge is 0.224 e. The summed E-state index contributed by atoms with van der Waals surface area (Å²) < 4.78 is 0.938. The number of hydrogen-bond acceptors (Lipinski definition) is 3. The molecule has 4 nitrogen and oxygen atoms in total. The standard InChI is InChI=1S/C14H16BrNO3/c1-8(16-14(19)10-6-12(17)7-10)13(18)9-2-4-11(15)5-3-9/h2-5,8,10,13,18H,6-7H2,1H3,(H,16,19). The van der Waals surface area contributed by atoms with Crippen LogP contribution in [0.1, 0.15) is 31.4 Å². The fraction of sp³-hybridized carbons (Fsp3) is 0.429. The first-order valence-corrected chi connectivity index (χ1v) is 7.02. The predicted molar refractivity (Wildman–Crippen MR) is 74.4 cm³/mol. The Balaban J connectivity index is 1.91. The molecule has 0 saturated heterocycles. The minimum atomic E-state index is -0.757. The summed E-state index contributed by atoms with van der Waals surface area (Å²) >= 11 is 3.33. The van der Waals surface area contributed by atoms with Gasteiger partial charge in [0.15, 0.2) is 0 Å². The van der Waals surface area contributed by atoms with Crippen molar-refractivity contribution < 1.29 is 14.7 Å². The van der Waals surface area contributed by atoms with Gasteiger partial charge < -0.3 is 10.4 Å². The van der Waals surface area contributed by atoms with Crippen molar-refractivity contribution in [1.29, 1.82) is 0 Å². The molecule has 2 N–H and O–H groups in total. The molecule has 2 unspecified atom stereocenters. The summed E-state index contributed by atoms with van der Waals surface area (Å²) in [6, 6.07) is 6.92. The molecule has 0 aliphatic heterocycles. The molecule has 1 aliphatic carbocycles. The molecule has 1 saturated carbocycles. The summed E-state index contributed by atoms with van der Waals surface area (Å²) in [5, 5.41) is 12.9. The Morgan fingerprint density at radius 3 is 2.47 bits per heavy atom. The Bertz CT molecular complexity index is 478. The van der Waals surface area contributed by atoms with Gasteiger partial charge in [-0.25, -0.2) is 0 Å². The lowest BCUT2D eigenvalue weighted by molar-refractivity contribution is -0.138. The van der Waals surface area contributed by atoms with E-state index in [-0.39, 0.29) is 23.7 Å². The topological polar surface area (TPSA) is 66.4 Å². The van der Waals surface area contributed by atoms with Crippen molar-refractivity contribution in [3.8, 4) is 0 Å². The molecule has 2 rings (SSSR count). The van der Waals surface area contributed by atoms with E-state index in [0.29, 0.717) is 12.8 Å². The zero-order chi connectivity index (χ0) is 14.0.